The minimum Gasteiger partial charge on any atom is -0.347 e. The molecule has 1 aliphatic rings. The molecule has 0 spiro atoms. The van der Waals surface area contributed by atoms with Crippen LogP contribution in [-0.2, 0) is 13.5 Å². The number of carbonyl (C=O) groups excluding carboxylic acids is 1. The molecule has 4 aromatic rings. The first-order valence-electron chi connectivity index (χ1n) is 9.96. The molecule has 5 rings (SSSR count). The Bertz CT molecular complexity index is 1320. The van der Waals surface area contributed by atoms with Crippen molar-refractivity contribution in [3.8, 4) is 11.4 Å². The van der Waals surface area contributed by atoms with Gasteiger partial charge in [0.15, 0.2) is 5.82 Å². The summed E-state index contributed by atoms with van der Waals surface area (Å²) in [5.41, 5.74) is 2.93. The number of hydrogen-bond donors (Lipinski definition) is 2. The first-order chi connectivity index (χ1) is 14.8. The summed E-state index contributed by atoms with van der Waals surface area (Å²) in [5, 5.41) is 16.4. The summed E-state index contributed by atoms with van der Waals surface area (Å²) in [6.07, 6.45) is 4.22. The van der Waals surface area contributed by atoms with Gasteiger partial charge in [0.2, 0.25) is 0 Å². The minimum atomic E-state index is -0.157. The van der Waals surface area contributed by atoms with Crippen molar-refractivity contribution in [2.75, 3.05) is 0 Å². The molecule has 9 heteroatoms. The molecule has 0 aliphatic heterocycles. The number of aromatic amines is 1. The number of hydrogen-bond acceptors (Lipinski definition) is 4. The smallest absolute Gasteiger partial charge is 0.253 e. The quantitative estimate of drug-likeness (QED) is 0.463. The molecule has 7 nitrogen and oxygen atoms in total. The van der Waals surface area contributed by atoms with Gasteiger partial charge in [0.25, 0.3) is 5.91 Å². The highest BCUT2D eigenvalue weighted by atomic mass is 35.5. The molecular formula is C22H20Cl2N6O. The van der Waals surface area contributed by atoms with Gasteiger partial charge < -0.3 is 5.32 Å². The summed E-state index contributed by atoms with van der Waals surface area (Å²) in [6.45, 7) is 2.03. The Kier molecular flexibility index (Phi) is 4.75. The molecule has 1 amide bonds. The second kappa shape index (κ2) is 7.35. The fraction of sp³-hybridized carbons (Fsp3) is 0.273. The summed E-state index contributed by atoms with van der Waals surface area (Å²) < 4.78 is 1.73. The molecule has 2 N–H and O–H groups in total. The van der Waals surface area contributed by atoms with Crippen LogP contribution in [0, 0.1) is 0 Å². The molecule has 2 aromatic heterocycles. The van der Waals surface area contributed by atoms with Crippen LogP contribution in [0.15, 0.2) is 36.5 Å². The third-order valence-electron chi connectivity index (χ3n) is 5.73. The van der Waals surface area contributed by atoms with Gasteiger partial charge in [-0.1, -0.05) is 35.3 Å². The van der Waals surface area contributed by atoms with Gasteiger partial charge in [-0.25, -0.2) is 4.98 Å². The molecule has 1 saturated carbocycles. The van der Waals surface area contributed by atoms with Crippen LogP contribution in [0.4, 0.5) is 0 Å². The van der Waals surface area contributed by atoms with Crippen LogP contribution >= 0.6 is 23.2 Å². The highest BCUT2D eigenvalue weighted by Gasteiger charge is 2.39. The monoisotopic (exact) mass is 454 g/mol. The Morgan fingerprint density at radius 3 is 2.81 bits per heavy atom. The average molecular weight is 455 g/mol. The molecule has 1 fully saturated rings. The lowest BCUT2D eigenvalue weighted by Gasteiger charge is -2.12. The van der Waals surface area contributed by atoms with E-state index in [2.05, 4.69) is 25.6 Å². The van der Waals surface area contributed by atoms with E-state index in [1.54, 1.807) is 23.0 Å². The molecule has 158 valence electrons. The van der Waals surface area contributed by atoms with E-state index in [-0.39, 0.29) is 11.4 Å². The Balaban J connectivity index is 1.40. The number of fused-ring (bicyclic) bond motifs is 1. The maximum atomic E-state index is 12.5. The Hall–Kier alpha value is -2.90. The van der Waals surface area contributed by atoms with Gasteiger partial charge >= 0.3 is 0 Å². The third-order valence-corrected chi connectivity index (χ3v) is 6.49. The minimum absolute atomic E-state index is 0.0999. The van der Waals surface area contributed by atoms with Crippen molar-refractivity contribution in [3.63, 3.8) is 0 Å². The van der Waals surface area contributed by atoms with E-state index in [1.165, 1.54) is 0 Å². The predicted molar refractivity (Wildman–Crippen MR) is 120 cm³/mol. The number of amides is 1. The van der Waals surface area contributed by atoms with Gasteiger partial charge in [-0.05, 0) is 43.5 Å². The molecule has 31 heavy (non-hydrogen) atoms. The number of aromatic nitrogens is 5. The first kappa shape index (κ1) is 20.0. The van der Waals surface area contributed by atoms with Crippen molar-refractivity contribution >= 4 is 40.0 Å². The summed E-state index contributed by atoms with van der Waals surface area (Å²) in [5.74, 6) is 1.15. The number of H-pyrrole nitrogens is 1. The van der Waals surface area contributed by atoms with Crippen LogP contribution in [0.3, 0.4) is 0 Å². The highest BCUT2D eigenvalue weighted by molar-refractivity contribution is 6.36. The van der Waals surface area contributed by atoms with E-state index in [1.807, 2.05) is 32.2 Å². The van der Waals surface area contributed by atoms with Crippen molar-refractivity contribution in [2.45, 2.75) is 31.7 Å². The molecule has 1 aliphatic carbocycles. The van der Waals surface area contributed by atoms with Crippen LogP contribution in [0.1, 0.15) is 41.5 Å². The van der Waals surface area contributed by atoms with Gasteiger partial charge in [-0.2, -0.15) is 10.2 Å². The summed E-state index contributed by atoms with van der Waals surface area (Å²) in [6, 6.07) is 9.18. The Morgan fingerprint density at radius 1 is 1.26 bits per heavy atom. The van der Waals surface area contributed by atoms with E-state index in [0.29, 0.717) is 27.9 Å². The van der Waals surface area contributed by atoms with Crippen LogP contribution in [0.2, 0.25) is 10.0 Å². The number of nitrogens with one attached hydrogen (secondary N) is 2. The van der Waals surface area contributed by atoms with Crippen molar-refractivity contribution in [1.29, 1.82) is 0 Å². The standard InChI is InChI=1S/C22H20Cl2N6O/c1-22(7-8-22)27-21(31)14-5-3-13(9-16(14)23)20-26-18(30(2)29-20)10-12-4-6-17-15(19(12)24)11-25-28-17/h3-6,9,11H,7-8,10H2,1-2H3,(H,25,28)(H,27,31). The Morgan fingerprint density at radius 2 is 2.06 bits per heavy atom. The van der Waals surface area contributed by atoms with E-state index in [0.717, 1.165) is 40.7 Å². The van der Waals surface area contributed by atoms with Crippen LogP contribution in [0.25, 0.3) is 22.3 Å². The SMILES string of the molecule is Cn1nc(-c2ccc(C(=O)NC3(C)CC3)c(Cl)c2)nc1Cc1ccc2[nH]ncc2c1Cl. The molecule has 0 saturated heterocycles. The zero-order valence-electron chi connectivity index (χ0n) is 17.0. The lowest BCUT2D eigenvalue weighted by atomic mass is 10.1. The van der Waals surface area contributed by atoms with Gasteiger partial charge in [0.1, 0.15) is 5.82 Å². The average Bonchev–Trinajstić information content (AvgIpc) is 3.13. The number of benzene rings is 2. The van der Waals surface area contributed by atoms with Gasteiger partial charge in [-0.3, -0.25) is 14.6 Å². The van der Waals surface area contributed by atoms with Gasteiger partial charge in [0.05, 0.1) is 27.3 Å². The van der Waals surface area contributed by atoms with E-state index < -0.39 is 0 Å². The van der Waals surface area contributed by atoms with Gasteiger partial charge in [0, 0.05) is 30.0 Å². The fourth-order valence-corrected chi connectivity index (χ4v) is 4.07. The third kappa shape index (κ3) is 3.79. The number of nitrogens with zero attached hydrogens (tertiary/aromatic N) is 4. The largest absolute Gasteiger partial charge is 0.347 e. The number of carbonyl (C=O) groups is 1. The van der Waals surface area contributed by atoms with Gasteiger partial charge in [-0.15, -0.1) is 0 Å². The zero-order chi connectivity index (χ0) is 21.8. The second-order valence-electron chi connectivity index (χ2n) is 8.23. The molecule has 0 radical (unpaired) electrons. The van der Waals surface area contributed by atoms with Crippen molar-refractivity contribution in [2.24, 2.45) is 7.05 Å². The lowest BCUT2D eigenvalue weighted by molar-refractivity contribution is 0.0935. The number of halogens is 2. The van der Waals surface area contributed by atoms with Crippen LogP contribution < -0.4 is 5.32 Å². The maximum Gasteiger partial charge on any atom is 0.253 e. The van der Waals surface area contributed by atoms with E-state index >= 15 is 0 Å². The Labute approximate surface area is 188 Å². The lowest BCUT2D eigenvalue weighted by Crippen LogP contribution is -2.34. The number of rotatable bonds is 5. The molecule has 2 aromatic carbocycles. The van der Waals surface area contributed by atoms with Crippen LogP contribution in [0.5, 0.6) is 0 Å². The molecule has 0 unspecified atom stereocenters. The molecular weight excluding hydrogens is 435 g/mol. The maximum absolute atomic E-state index is 12.5. The zero-order valence-corrected chi connectivity index (χ0v) is 18.6. The normalized spacial score (nSPS) is 14.7. The van der Waals surface area contributed by atoms with E-state index in [4.69, 9.17) is 23.2 Å². The predicted octanol–water partition coefficient (Wildman–Crippen LogP) is 4.54. The topological polar surface area (TPSA) is 88.5 Å². The molecule has 0 atom stereocenters. The molecule has 0 bridgehead atoms. The van der Waals surface area contributed by atoms with Crippen molar-refractivity contribution in [3.05, 3.63) is 63.5 Å². The fourth-order valence-electron chi connectivity index (χ4n) is 3.52. The highest BCUT2D eigenvalue weighted by Crippen LogP contribution is 2.35. The van der Waals surface area contributed by atoms with Crippen LogP contribution in [-0.4, -0.2) is 36.4 Å². The van der Waals surface area contributed by atoms with E-state index in [9.17, 15) is 4.79 Å². The summed E-state index contributed by atoms with van der Waals surface area (Å²) >= 11 is 13.0. The molecule has 2 heterocycles. The summed E-state index contributed by atoms with van der Waals surface area (Å²) in [4.78, 5) is 17.2. The number of aryl methyl sites for hydroxylation is 1. The first-order valence-corrected chi connectivity index (χ1v) is 10.7. The second-order valence-corrected chi connectivity index (χ2v) is 9.02. The summed E-state index contributed by atoms with van der Waals surface area (Å²) in [7, 11) is 1.84. The van der Waals surface area contributed by atoms with Crippen molar-refractivity contribution < 1.29 is 4.79 Å². The van der Waals surface area contributed by atoms with Crippen molar-refractivity contribution in [1.82, 2.24) is 30.3 Å².